The Kier molecular flexibility index (Phi) is 4.24. The van der Waals surface area contributed by atoms with Crippen LogP contribution < -0.4 is 4.72 Å². The first-order valence-corrected chi connectivity index (χ1v) is 8.16. The van der Waals surface area contributed by atoms with Crippen molar-refractivity contribution in [1.82, 2.24) is 0 Å². The van der Waals surface area contributed by atoms with Crippen molar-refractivity contribution in [3.05, 3.63) is 46.8 Å². The fraction of sp³-hybridized carbons (Fsp3) is 0.231. The Morgan fingerprint density at radius 3 is 2.68 bits per heavy atom. The standard InChI is InChI=1S/C13H15NO3S2/c1-2-12-6-7-13(18-12)19(16,17)14-11-5-3-4-10(8-11)9-15/h3-8,14-15H,2,9H2,1H3. The highest BCUT2D eigenvalue weighted by Gasteiger charge is 2.16. The Labute approximate surface area is 116 Å². The number of anilines is 1. The average molecular weight is 297 g/mol. The molecule has 0 aliphatic rings. The molecule has 1 aromatic heterocycles. The molecular formula is C13H15NO3S2. The van der Waals surface area contributed by atoms with E-state index < -0.39 is 10.0 Å². The summed E-state index contributed by atoms with van der Waals surface area (Å²) in [7, 11) is -3.54. The van der Waals surface area contributed by atoms with E-state index in [2.05, 4.69) is 4.72 Å². The van der Waals surface area contributed by atoms with Crippen LogP contribution in [0.15, 0.2) is 40.6 Å². The van der Waals surface area contributed by atoms with E-state index in [1.165, 1.54) is 11.3 Å². The maximum absolute atomic E-state index is 12.2. The molecule has 0 spiro atoms. The van der Waals surface area contributed by atoms with Crippen molar-refractivity contribution in [3.63, 3.8) is 0 Å². The van der Waals surface area contributed by atoms with Crippen LogP contribution in [0.3, 0.4) is 0 Å². The number of hydrogen-bond acceptors (Lipinski definition) is 4. The molecule has 1 aromatic carbocycles. The molecular weight excluding hydrogens is 282 g/mol. The zero-order valence-electron chi connectivity index (χ0n) is 10.5. The maximum atomic E-state index is 12.2. The number of aliphatic hydroxyl groups is 1. The molecule has 0 amide bonds. The van der Waals surface area contributed by atoms with E-state index in [0.29, 0.717) is 15.5 Å². The third-order valence-corrected chi connectivity index (χ3v) is 5.71. The van der Waals surface area contributed by atoms with Gasteiger partial charge < -0.3 is 5.11 Å². The van der Waals surface area contributed by atoms with Crippen LogP contribution in [0.1, 0.15) is 17.4 Å². The van der Waals surface area contributed by atoms with Gasteiger partial charge in [0.25, 0.3) is 10.0 Å². The predicted octanol–water partition coefficient (Wildman–Crippen LogP) is 2.60. The second-order valence-electron chi connectivity index (χ2n) is 4.04. The fourth-order valence-corrected chi connectivity index (χ4v) is 3.98. The summed E-state index contributed by atoms with van der Waals surface area (Å²) in [5.41, 5.74) is 1.12. The molecule has 102 valence electrons. The van der Waals surface area contributed by atoms with Gasteiger partial charge in [-0.3, -0.25) is 4.72 Å². The predicted molar refractivity (Wildman–Crippen MR) is 76.9 cm³/mol. The fourth-order valence-electron chi connectivity index (χ4n) is 1.63. The van der Waals surface area contributed by atoms with Gasteiger partial charge in [0.2, 0.25) is 0 Å². The summed E-state index contributed by atoms with van der Waals surface area (Å²) in [6, 6.07) is 10.1. The minimum absolute atomic E-state index is 0.117. The molecule has 1 heterocycles. The van der Waals surface area contributed by atoms with Crippen LogP contribution in [0.2, 0.25) is 0 Å². The number of aryl methyl sites for hydroxylation is 1. The van der Waals surface area contributed by atoms with Crippen LogP contribution >= 0.6 is 11.3 Å². The highest BCUT2D eigenvalue weighted by Crippen LogP contribution is 2.24. The van der Waals surface area contributed by atoms with Gasteiger partial charge in [0.1, 0.15) is 4.21 Å². The van der Waals surface area contributed by atoms with Crippen LogP contribution in [-0.2, 0) is 23.1 Å². The second-order valence-corrected chi connectivity index (χ2v) is 7.12. The molecule has 0 fully saturated rings. The molecule has 4 nitrogen and oxygen atoms in total. The number of benzene rings is 1. The van der Waals surface area contributed by atoms with Crippen LogP contribution in [0.4, 0.5) is 5.69 Å². The Morgan fingerprint density at radius 2 is 2.05 bits per heavy atom. The third kappa shape index (κ3) is 3.34. The van der Waals surface area contributed by atoms with Gasteiger partial charge >= 0.3 is 0 Å². The lowest BCUT2D eigenvalue weighted by molar-refractivity contribution is 0.282. The lowest BCUT2D eigenvalue weighted by atomic mass is 10.2. The van der Waals surface area contributed by atoms with Gasteiger partial charge in [0.15, 0.2) is 0 Å². The molecule has 2 rings (SSSR count). The van der Waals surface area contributed by atoms with Crippen LogP contribution in [-0.4, -0.2) is 13.5 Å². The summed E-state index contributed by atoms with van der Waals surface area (Å²) in [6.45, 7) is 1.87. The first kappa shape index (κ1) is 14.0. The SMILES string of the molecule is CCc1ccc(S(=O)(=O)Nc2cccc(CO)c2)s1. The molecule has 0 atom stereocenters. The van der Waals surface area contributed by atoms with E-state index in [1.54, 1.807) is 30.3 Å². The minimum Gasteiger partial charge on any atom is -0.392 e. The van der Waals surface area contributed by atoms with Crippen molar-refractivity contribution in [2.45, 2.75) is 24.2 Å². The van der Waals surface area contributed by atoms with E-state index in [9.17, 15) is 8.42 Å². The summed E-state index contributed by atoms with van der Waals surface area (Å²) in [5, 5.41) is 9.04. The van der Waals surface area contributed by atoms with Gasteiger partial charge in [-0.15, -0.1) is 11.3 Å². The Morgan fingerprint density at radius 1 is 1.26 bits per heavy atom. The van der Waals surface area contributed by atoms with Gasteiger partial charge in [0.05, 0.1) is 6.61 Å². The summed E-state index contributed by atoms with van der Waals surface area (Å²) in [6.07, 6.45) is 0.820. The second kappa shape index (κ2) is 5.73. The number of hydrogen-bond donors (Lipinski definition) is 2. The molecule has 0 aliphatic heterocycles. The van der Waals surface area contributed by atoms with E-state index in [0.717, 1.165) is 11.3 Å². The number of rotatable bonds is 5. The van der Waals surface area contributed by atoms with E-state index >= 15 is 0 Å². The summed E-state index contributed by atoms with van der Waals surface area (Å²) >= 11 is 1.27. The molecule has 2 N–H and O–H groups in total. The first-order chi connectivity index (χ1) is 9.05. The third-order valence-electron chi connectivity index (χ3n) is 2.61. The minimum atomic E-state index is -3.54. The summed E-state index contributed by atoms with van der Waals surface area (Å²) in [5.74, 6) is 0. The van der Waals surface area contributed by atoms with Crippen molar-refractivity contribution in [2.75, 3.05) is 4.72 Å². The normalized spacial score (nSPS) is 11.5. The van der Waals surface area contributed by atoms with Crippen LogP contribution in [0, 0.1) is 0 Å². The molecule has 0 saturated heterocycles. The van der Waals surface area contributed by atoms with Crippen molar-refractivity contribution >= 4 is 27.0 Å². The molecule has 19 heavy (non-hydrogen) atoms. The molecule has 6 heteroatoms. The lowest BCUT2D eigenvalue weighted by Crippen LogP contribution is -2.11. The van der Waals surface area contributed by atoms with Gasteiger partial charge in [-0.05, 0) is 36.2 Å². The van der Waals surface area contributed by atoms with Crippen molar-refractivity contribution in [1.29, 1.82) is 0 Å². The Hall–Kier alpha value is -1.37. The molecule has 0 unspecified atom stereocenters. The Balaban J connectivity index is 2.25. The summed E-state index contributed by atoms with van der Waals surface area (Å²) in [4.78, 5) is 1.03. The zero-order valence-corrected chi connectivity index (χ0v) is 12.1. The first-order valence-electron chi connectivity index (χ1n) is 5.86. The highest BCUT2D eigenvalue weighted by molar-refractivity contribution is 7.94. The average Bonchev–Trinajstić information content (AvgIpc) is 2.88. The monoisotopic (exact) mass is 297 g/mol. The largest absolute Gasteiger partial charge is 0.392 e. The Bertz CT molecular complexity index is 662. The number of nitrogens with one attached hydrogen (secondary N) is 1. The highest BCUT2D eigenvalue weighted by atomic mass is 32.2. The topological polar surface area (TPSA) is 66.4 Å². The molecule has 0 saturated carbocycles. The molecule has 0 radical (unpaired) electrons. The number of thiophene rings is 1. The van der Waals surface area contributed by atoms with E-state index in [4.69, 9.17) is 5.11 Å². The van der Waals surface area contributed by atoms with Crippen molar-refractivity contribution in [3.8, 4) is 0 Å². The maximum Gasteiger partial charge on any atom is 0.271 e. The smallest absolute Gasteiger partial charge is 0.271 e. The number of aliphatic hydroxyl groups excluding tert-OH is 1. The molecule has 2 aromatic rings. The molecule has 0 bridgehead atoms. The number of sulfonamides is 1. The van der Waals surface area contributed by atoms with E-state index in [1.807, 2.05) is 13.0 Å². The van der Waals surface area contributed by atoms with Gasteiger partial charge in [-0.2, -0.15) is 0 Å². The zero-order chi connectivity index (χ0) is 13.9. The molecule has 0 aliphatic carbocycles. The lowest BCUT2D eigenvalue weighted by Gasteiger charge is -2.07. The van der Waals surface area contributed by atoms with Crippen molar-refractivity contribution < 1.29 is 13.5 Å². The van der Waals surface area contributed by atoms with E-state index in [-0.39, 0.29) is 6.61 Å². The van der Waals surface area contributed by atoms with Gasteiger partial charge in [0, 0.05) is 10.6 Å². The van der Waals surface area contributed by atoms with Gasteiger partial charge in [-0.1, -0.05) is 19.1 Å². The summed E-state index contributed by atoms with van der Waals surface area (Å²) < 4.78 is 27.2. The van der Waals surface area contributed by atoms with Gasteiger partial charge in [-0.25, -0.2) is 8.42 Å². The van der Waals surface area contributed by atoms with Crippen molar-refractivity contribution in [2.24, 2.45) is 0 Å². The van der Waals surface area contributed by atoms with Crippen LogP contribution in [0.5, 0.6) is 0 Å². The van der Waals surface area contributed by atoms with Crippen LogP contribution in [0.25, 0.3) is 0 Å². The quantitative estimate of drug-likeness (QED) is 0.891.